The summed E-state index contributed by atoms with van der Waals surface area (Å²) in [5.74, 6) is 0. The van der Waals surface area contributed by atoms with Crippen molar-refractivity contribution in [2.24, 2.45) is 0 Å². The van der Waals surface area contributed by atoms with E-state index in [1.807, 2.05) is 22.3 Å². The third kappa shape index (κ3) is 3.38. The molecular formula is C17H21N5S. The Morgan fingerprint density at radius 1 is 1.13 bits per heavy atom. The lowest BCUT2D eigenvalue weighted by Gasteiger charge is -2.32. The number of rotatable bonds is 5. The van der Waals surface area contributed by atoms with Crippen molar-refractivity contribution in [1.82, 2.24) is 24.2 Å². The Kier molecular flexibility index (Phi) is 4.26. The standard InChI is InChI=1S/C17H21N5S/c1-3-16(21(7-1)12-17-4-2-10-23-17)11-20-8-5-15(6-9-20)22-14-18-13-19-22/h1-4,7,10,13-15H,5-6,8-9,11-12H2. The van der Waals surface area contributed by atoms with Gasteiger partial charge in [-0.3, -0.25) is 4.90 Å². The summed E-state index contributed by atoms with van der Waals surface area (Å²) in [6.07, 6.45) is 7.96. The lowest BCUT2D eigenvalue weighted by molar-refractivity contribution is 0.170. The molecule has 1 fully saturated rings. The van der Waals surface area contributed by atoms with E-state index in [4.69, 9.17) is 0 Å². The smallest absolute Gasteiger partial charge is 0.137 e. The number of hydrogen-bond acceptors (Lipinski definition) is 4. The molecule has 0 radical (unpaired) electrons. The van der Waals surface area contributed by atoms with Gasteiger partial charge in [0.2, 0.25) is 0 Å². The second-order valence-electron chi connectivity index (χ2n) is 6.09. The first-order valence-electron chi connectivity index (χ1n) is 8.11. The maximum atomic E-state index is 4.28. The molecule has 1 saturated heterocycles. The zero-order valence-electron chi connectivity index (χ0n) is 13.1. The van der Waals surface area contributed by atoms with Gasteiger partial charge >= 0.3 is 0 Å². The number of aromatic nitrogens is 4. The van der Waals surface area contributed by atoms with Gasteiger partial charge in [-0.15, -0.1) is 11.3 Å². The van der Waals surface area contributed by atoms with E-state index in [0.29, 0.717) is 6.04 Å². The van der Waals surface area contributed by atoms with Gasteiger partial charge in [0.25, 0.3) is 0 Å². The summed E-state index contributed by atoms with van der Waals surface area (Å²) in [7, 11) is 0. The maximum Gasteiger partial charge on any atom is 0.137 e. The van der Waals surface area contributed by atoms with Gasteiger partial charge < -0.3 is 4.57 Å². The average molecular weight is 327 g/mol. The van der Waals surface area contributed by atoms with Crippen molar-refractivity contribution >= 4 is 11.3 Å². The molecule has 4 heterocycles. The van der Waals surface area contributed by atoms with Crippen LogP contribution in [-0.4, -0.2) is 37.3 Å². The Morgan fingerprint density at radius 2 is 2.04 bits per heavy atom. The van der Waals surface area contributed by atoms with E-state index in [1.165, 1.54) is 10.6 Å². The fourth-order valence-corrected chi connectivity index (χ4v) is 4.00. The van der Waals surface area contributed by atoms with Crippen molar-refractivity contribution in [3.8, 4) is 0 Å². The van der Waals surface area contributed by atoms with Crippen molar-refractivity contribution < 1.29 is 0 Å². The molecule has 1 aliphatic heterocycles. The topological polar surface area (TPSA) is 38.9 Å². The molecule has 0 saturated carbocycles. The first-order chi connectivity index (χ1) is 11.4. The first-order valence-corrected chi connectivity index (χ1v) is 8.99. The van der Waals surface area contributed by atoms with E-state index in [2.05, 4.69) is 55.4 Å². The largest absolute Gasteiger partial charge is 0.345 e. The Labute approximate surface area is 140 Å². The fraction of sp³-hybridized carbons (Fsp3) is 0.412. The third-order valence-corrected chi connectivity index (χ3v) is 5.44. The molecule has 0 N–H and O–H groups in total. The van der Waals surface area contributed by atoms with Gasteiger partial charge in [-0.05, 0) is 36.4 Å². The summed E-state index contributed by atoms with van der Waals surface area (Å²) in [6, 6.07) is 9.24. The van der Waals surface area contributed by atoms with Crippen LogP contribution in [0.15, 0.2) is 48.5 Å². The molecule has 0 unspecified atom stereocenters. The molecule has 5 nitrogen and oxygen atoms in total. The van der Waals surface area contributed by atoms with Gasteiger partial charge in [-0.1, -0.05) is 6.07 Å². The quantitative estimate of drug-likeness (QED) is 0.723. The van der Waals surface area contributed by atoms with Gasteiger partial charge in [0.1, 0.15) is 12.7 Å². The summed E-state index contributed by atoms with van der Waals surface area (Å²) in [5, 5.41) is 6.43. The van der Waals surface area contributed by atoms with Crippen LogP contribution in [0.5, 0.6) is 0 Å². The third-order valence-electron chi connectivity index (χ3n) is 4.58. The van der Waals surface area contributed by atoms with Crippen molar-refractivity contribution in [3.05, 3.63) is 59.1 Å². The van der Waals surface area contributed by atoms with Gasteiger partial charge in [0, 0.05) is 36.4 Å². The van der Waals surface area contributed by atoms with Crippen molar-refractivity contribution in [2.75, 3.05) is 13.1 Å². The van der Waals surface area contributed by atoms with Crippen LogP contribution in [0.2, 0.25) is 0 Å². The molecule has 0 aliphatic carbocycles. The molecule has 0 atom stereocenters. The van der Waals surface area contributed by atoms with E-state index >= 15 is 0 Å². The molecule has 3 aromatic rings. The van der Waals surface area contributed by atoms with E-state index in [9.17, 15) is 0 Å². The zero-order chi connectivity index (χ0) is 15.5. The molecule has 0 amide bonds. The maximum absolute atomic E-state index is 4.28. The molecule has 0 aromatic carbocycles. The molecule has 1 aliphatic rings. The second kappa shape index (κ2) is 6.68. The minimum atomic E-state index is 0.506. The van der Waals surface area contributed by atoms with E-state index in [-0.39, 0.29) is 0 Å². The normalized spacial score (nSPS) is 16.9. The monoisotopic (exact) mass is 327 g/mol. The highest BCUT2D eigenvalue weighted by atomic mass is 32.1. The lowest BCUT2D eigenvalue weighted by atomic mass is 10.1. The first kappa shape index (κ1) is 14.7. The van der Waals surface area contributed by atoms with Crippen LogP contribution in [0, 0.1) is 0 Å². The van der Waals surface area contributed by atoms with Crippen LogP contribution in [-0.2, 0) is 13.1 Å². The average Bonchev–Trinajstić information content (AvgIpc) is 3.32. The Bertz CT molecular complexity index is 708. The van der Waals surface area contributed by atoms with Crippen LogP contribution >= 0.6 is 11.3 Å². The molecule has 23 heavy (non-hydrogen) atoms. The van der Waals surface area contributed by atoms with Crippen molar-refractivity contribution in [1.29, 1.82) is 0 Å². The molecule has 6 heteroatoms. The van der Waals surface area contributed by atoms with Crippen molar-refractivity contribution in [2.45, 2.75) is 32.0 Å². The zero-order valence-corrected chi connectivity index (χ0v) is 13.9. The number of hydrogen-bond donors (Lipinski definition) is 0. The summed E-state index contributed by atoms with van der Waals surface area (Å²) in [6.45, 7) is 4.25. The van der Waals surface area contributed by atoms with Gasteiger partial charge in [0.05, 0.1) is 12.6 Å². The van der Waals surface area contributed by atoms with Crippen LogP contribution in [0.1, 0.15) is 29.5 Å². The highest BCUT2D eigenvalue weighted by molar-refractivity contribution is 7.09. The summed E-state index contributed by atoms with van der Waals surface area (Å²) >= 11 is 1.82. The van der Waals surface area contributed by atoms with E-state index < -0.39 is 0 Å². The summed E-state index contributed by atoms with van der Waals surface area (Å²) < 4.78 is 4.38. The number of piperidine rings is 1. The van der Waals surface area contributed by atoms with Crippen molar-refractivity contribution in [3.63, 3.8) is 0 Å². The Morgan fingerprint density at radius 3 is 2.78 bits per heavy atom. The van der Waals surface area contributed by atoms with Crippen LogP contribution in [0.4, 0.5) is 0 Å². The Hall–Kier alpha value is -1.92. The predicted octanol–water partition coefficient (Wildman–Crippen LogP) is 3.03. The van der Waals surface area contributed by atoms with Crippen LogP contribution < -0.4 is 0 Å². The molecule has 4 rings (SSSR count). The number of nitrogens with zero attached hydrogens (tertiary/aromatic N) is 5. The minimum absolute atomic E-state index is 0.506. The van der Waals surface area contributed by atoms with E-state index in [0.717, 1.165) is 39.0 Å². The molecule has 0 bridgehead atoms. The molecule has 0 spiro atoms. The molecule has 3 aromatic heterocycles. The lowest BCUT2D eigenvalue weighted by Crippen LogP contribution is -2.34. The number of thiophene rings is 1. The Balaban J connectivity index is 1.36. The number of likely N-dealkylation sites (tertiary alicyclic amines) is 1. The summed E-state index contributed by atoms with van der Waals surface area (Å²) in [4.78, 5) is 8.02. The van der Waals surface area contributed by atoms with Gasteiger partial charge in [0.15, 0.2) is 0 Å². The second-order valence-corrected chi connectivity index (χ2v) is 7.12. The fourth-order valence-electron chi connectivity index (χ4n) is 3.29. The van der Waals surface area contributed by atoms with Crippen LogP contribution in [0.25, 0.3) is 0 Å². The van der Waals surface area contributed by atoms with Gasteiger partial charge in [-0.25, -0.2) is 9.67 Å². The minimum Gasteiger partial charge on any atom is -0.345 e. The predicted molar refractivity (Wildman–Crippen MR) is 91.4 cm³/mol. The van der Waals surface area contributed by atoms with Crippen LogP contribution in [0.3, 0.4) is 0 Å². The molecule has 120 valence electrons. The summed E-state index contributed by atoms with van der Waals surface area (Å²) in [5.41, 5.74) is 1.40. The van der Waals surface area contributed by atoms with E-state index in [1.54, 1.807) is 6.33 Å². The highest BCUT2D eigenvalue weighted by Crippen LogP contribution is 2.23. The SMILES string of the molecule is c1csc(Cn2cccc2CN2CCC(n3cncn3)CC2)c1. The highest BCUT2D eigenvalue weighted by Gasteiger charge is 2.21. The molecular weight excluding hydrogens is 306 g/mol. The van der Waals surface area contributed by atoms with Gasteiger partial charge in [-0.2, -0.15) is 5.10 Å².